The maximum atomic E-state index is 13.0. The fourth-order valence-electron chi connectivity index (χ4n) is 2.95. The van der Waals surface area contributed by atoms with Crippen LogP contribution in [-0.2, 0) is 10.0 Å². The van der Waals surface area contributed by atoms with Gasteiger partial charge in [0, 0.05) is 12.6 Å². The number of anilines is 1. The van der Waals surface area contributed by atoms with Gasteiger partial charge in [-0.3, -0.25) is 9.10 Å². The number of rotatable bonds is 6. The first-order chi connectivity index (χ1) is 13.8. The topological polar surface area (TPSA) is 66.5 Å². The van der Waals surface area contributed by atoms with Crippen LogP contribution in [0, 0.1) is 6.92 Å². The molecule has 150 valence electrons. The molecule has 0 aliphatic carbocycles. The number of aryl methyl sites for hydroxylation is 1. The van der Waals surface area contributed by atoms with Gasteiger partial charge in [0.2, 0.25) is 0 Å². The molecule has 5 nitrogen and oxygen atoms in total. The van der Waals surface area contributed by atoms with Crippen LogP contribution in [0.5, 0.6) is 0 Å². The van der Waals surface area contributed by atoms with Gasteiger partial charge in [0.1, 0.15) is 0 Å². The molecule has 0 aliphatic heterocycles. The van der Waals surface area contributed by atoms with Crippen LogP contribution in [0.15, 0.2) is 83.8 Å². The Morgan fingerprint density at radius 2 is 1.59 bits per heavy atom. The minimum atomic E-state index is -3.78. The molecule has 0 saturated carbocycles. The summed E-state index contributed by atoms with van der Waals surface area (Å²) in [4.78, 5) is 12.8. The lowest BCUT2D eigenvalue weighted by Gasteiger charge is -2.20. The van der Waals surface area contributed by atoms with Crippen molar-refractivity contribution in [2.45, 2.75) is 24.8 Å². The maximum Gasteiger partial charge on any atom is 0.264 e. The third-order valence-corrected chi connectivity index (χ3v) is 6.58. The molecule has 29 heavy (non-hydrogen) atoms. The predicted octanol–water partition coefficient (Wildman–Crippen LogP) is 4.31. The van der Waals surface area contributed by atoms with E-state index in [0.29, 0.717) is 11.3 Å². The highest BCUT2D eigenvalue weighted by Gasteiger charge is 2.22. The van der Waals surface area contributed by atoms with Gasteiger partial charge in [-0.15, -0.1) is 0 Å². The molecule has 1 amide bonds. The van der Waals surface area contributed by atoms with Gasteiger partial charge in [0.15, 0.2) is 0 Å². The standard InChI is InChI=1S/C23H24N2O3S/c1-17-12-14-19(15-13-17)18(2)24-23(26)20-8-7-11-22(16-20)29(27,28)25(3)21-9-5-4-6-10-21/h4-16,18H,1-3H3,(H,24,26). The van der Waals surface area contributed by atoms with Gasteiger partial charge >= 0.3 is 0 Å². The quantitative estimate of drug-likeness (QED) is 0.661. The summed E-state index contributed by atoms with van der Waals surface area (Å²) in [6.07, 6.45) is 0. The predicted molar refractivity (Wildman–Crippen MR) is 116 cm³/mol. The lowest BCUT2D eigenvalue weighted by atomic mass is 10.1. The Labute approximate surface area is 172 Å². The molecule has 1 N–H and O–H groups in total. The molecule has 0 fully saturated rings. The Kier molecular flexibility index (Phi) is 6.03. The molecular formula is C23H24N2O3S. The highest BCUT2D eigenvalue weighted by atomic mass is 32.2. The zero-order valence-electron chi connectivity index (χ0n) is 16.7. The summed E-state index contributed by atoms with van der Waals surface area (Å²) in [5, 5.41) is 2.92. The minimum Gasteiger partial charge on any atom is -0.346 e. The number of hydrogen-bond acceptors (Lipinski definition) is 3. The zero-order chi connectivity index (χ0) is 21.0. The van der Waals surface area contributed by atoms with E-state index in [2.05, 4.69) is 5.32 Å². The summed E-state index contributed by atoms with van der Waals surface area (Å²) >= 11 is 0. The molecule has 1 atom stereocenters. The first-order valence-corrected chi connectivity index (χ1v) is 10.7. The summed E-state index contributed by atoms with van der Waals surface area (Å²) in [7, 11) is -2.28. The number of nitrogens with zero attached hydrogens (tertiary/aromatic N) is 1. The summed E-state index contributed by atoms with van der Waals surface area (Å²) in [6.45, 7) is 3.90. The molecule has 0 spiro atoms. The summed E-state index contributed by atoms with van der Waals surface area (Å²) in [6, 6.07) is 22.6. The maximum absolute atomic E-state index is 13.0. The Hall–Kier alpha value is -3.12. The second kappa shape index (κ2) is 8.49. The molecule has 0 radical (unpaired) electrons. The number of carbonyl (C=O) groups is 1. The van der Waals surface area contributed by atoms with E-state index in [-0.39, 0.29) is 16.8 Å². The van der Waals surface area contributed by atoms with Crippen molar-refractivity contribution in [3.63, 3.8) is 0 Å². The van der Waals surface area contributed by atoms with Gasteiger partial charge in [-0.25, -0.2) is 8.42 Å². The number of para-hydroxylation sites is 1. The largest absolute Gasteiger partial charge is 0.346 e. The number of benzene rings is 3. The van der Waals surface area contributed by atoms with Crippen molar-refractivity contribution >= 4 is 21.6 Å². The lowest BCUT2D eigenvalue weighted by molar-refractivity contribution is 0.0939. The molecular weight excluding hydrogens is 384 g/mol. The van der Waals surface area contributed by atoms with E-state index in [4.69, 9.17) is 0 Å². The molecule has 3 rings (SSSR count). The van der Waals surface area contributed by atoms with E-state index in [1.807, 2.05) is 44.2 Å². The van der Waals surface area contributed by atoms with E-state index in [1.54, 1.807) is 36.4 Å². The van der Waals surface area contributed by atoms with E-state index in [0.717, 1.165) is 11.1 Å². The van der Waals surface area contributed by atoms with Crippen molar-refractivity contribution in [3.8, 4) is 0 Å². The number of hydrogen-bond donors (Lipinski definition) is 1. The van der Waals surface area contributed by atoms with E-state index in [9.17, 15) is 13.2 Å². The summed E-state index contributed by atoms with van der Waals surface area (Å²) < 4.78 is 27.2. The van der Waals surface area contributed by atoms with Gasteiger partial charge in [-0.05, 0) is 49.7 Å². The van der Waals surface area contributed by atoms with Crippen molar-refractivity contribution < 1.29 is 13.2 Å². The van der Waals surface area contributed by atoms with Crippen LogP contribution in [0.1, 0.15) is 34.5 Å². The van der Waals surface area contributed by atoms with Crippen molar-refractivity contribution in [3.05, 3.63) is 95.6 Å². The molecule has 0 heterocycles. The van der Waals surface area contributed by atoms with Crippen molar-refractivity contribution in [2.75, 3.05) is 11.4 Å². The second-order valence-corrected chi connectivity index (χ2v) is 8.91. The number of nitrogens with one attached hydrogen (secondary N) is 1. The Morgan fingerprint density at radius 3 is 2.24 bits per heavy atom. The van der Waals surface area contributed by atoms with Crippen LogP contribution < -0.4 is 9.62 Å². The van der Waals surface area contributed by atoms with Crippen molar-refractivity contribution in [2.24, 2.45) is 0 Å². The summed E-state index contributed by atoms with van der Waals surface area (Å²) in [5.74, 6) is -0.322. The van der Waals surface area contributed by atoms with Crippen molar-refractivity contribution in [1.82, 2.24) is 5.32 Å². The van der Waals surface area contributed by atoms with Crippen LogP contribution in [0.4, 0.5) is 5.69 Å². The molecule has 0 saturated heterocycles. The molecule has 6 heteroatoms. The van der Waals surface area contributed by atoms with E-state index in [1.165, 1.54) is 23.5 Å². The zero-order valence-corrected chi connectivity index (χ0v) is 17.5. The third-order valence-electron chi connectivity index (χ3n) is 4.80. The smallest absolute Gasteiger partial charge is 0.264 e. The van der Waals surface area contributed by atoms with E-state index < -0.39 is 10.0 Å². The minimum absolute atomic E-state index is 0.0690. The van der Waals surface area contributed by atoms with Gasteiger partial charge in [0.05, 0.1) is 16.6 Å². The Morgan fingerprint density at radius 1 is 0.931 bits per heavy atom. The number of sulfonamides is 1. The fraction of sp³-hybridized carbons (Fsp3) is 0.174. The molecule has 3 aromatic carbocycles. The first-order valence-electron chi connectivity index (χ1n) is 9.30. The Balaban J connectivity index is 1.81. The SMILES string of the molecule is Cc1ccc(C(C)NC(=O)c2cccc(S(=O)(=O)N(C)c3ccccc3)c2)cc1. The average molecular weight is 409 g/mol. The number of carbonyl (C=O) groups excluding carboxylic acids is 1. The summed E-state index contributed by atoms with van der Waals surface area (Å²) in [5.41, 5.74) is 2.98. The highest BCUT2D eigenvalue weighted by Crippen LogP contribution is 2.22. The normalized spacial score (nSPS) is 12.2. The molecule has 0 bridgehead atoms. The molecule has 0 aliphatic rings. The fourth-order valence-corrected chi connectivity index (χ4v) is 4.19. The van der Waals surface area contributed by atoms with Crippen LogP contribution in [-0.4, -0.2) is 21.4 Å². The average Bonchev–Trinajstić information content (AvgIpc) is 2.74. The van der Waals surface area contributed by atoms with Gasteiger partial charge in [0.25, 0.3) is 15.9 Å². The van der Waals surface area contributed by atoms with Gasteiger partial charge in [-0.2, -0.15) is 0 Å². The van der Waals surface area contributed by atoms with Crippen molar-refractivity contribution in [1.29, 1.82) is 0 Å². The van der Waals surface area contributed by atoms with E-state index >= 15 is 0 Å². The monoisotopic (exact) mass is 408 g/mol. The van der Waals surface area contributed by atoms with Crippen LogP contribution in [0.2, 0.25) is 0 Å². The van der Waals surface area contributed by atoms with Crippen LogP contribution in [0.25, 0.3) is 0 Å². The molecule has 1 unspecified atom stereocenters. The molecule has 3 aromatic rings. The third kappa shape index (κ3) is 4.66. The first kappa shape index (κ1) is 20.6. The molecule has 0 aromatic heterocycles. The lowest BCUT2D eigenvalue weighted by Crippen LogP contribution is -2.28. The van der Waals surface area contributed by atoms with Gasteiger partial charge < -0.3 is 5.32 Å². The van der Waals surface area contributed by atoms with Crippen LogP contribution >= 0.6 is 0 Å². The van der Waals surface area contributed by atoms with Gasteiger partial charge in [-0.1, -0.05) is 54.1 Å². The Bertz CT molecular complexity index is 1090. The second-order valence-electron chi connectivity index (χ2n) is 6.94. The number of amides is 1. The highest BCUT2D eigenvalue weighted by molar-refractivity contribution is 7.92. The van der Waals surface area contributed by atoms with Crippen LogP contribution in [0.3, 0.4) is 0 Å².